The maximum absolute atomic E-state index is 6.16. The second-order valence-corrected chi connectivity index (χ2v) is 5.15. The SMILES string of the molecule is CCCC(OC)c1nc(Cl)c2c(n1)CSC2. The number of aromatic nitrogens is 2. The first-order valence-corrected chi connectivity index (χ1v) is 6.95. The van der Waals surface area contributed by atoms with Crippen LogP contribution in [0.4, 0.5) is 0 Å². The van der Waals surface area contributed by atoms with Crippen LogP contribution < -0.4 is 0 Å². The van der Waals surface area contributed by atoms with Crippen LogP contribution in [-0.4, -0.2) is 17.1 Å². The molecule has 0 radical (unpaired) electrons. The highest BCUT2D eigenvalue weighted by molar-refractivity contribution is 7.98. The second kappa shape index (κ2) is 5.34. The van der Waals surface area contributed by atoms with E-state index >= 15 is 0 Å². The number of ether oxygens (including phenoxy) is 1. The summed E-state index contributed by atoms with van der Waals surface area (Å²) in [4.78, 5) is 8.91. The van der Waals surface area contributed by atoms with Crippen LogP contribution in [0, 0.1) is 0 Å². The third-order valence-electron chi connectivity index (χ3n) is 2.67. The van der Waals surface area contributed by atoms with E-state index in [0.717, 1.165) is 41.4 Å². The first-order chi connectivity index (χ1) is 7.76. The Hall–Kier alpha value is -0.320. The van der Waals surface area contributed by atoms with Gasteiger partial charge in [-0.1, -0.05) is 24.9 Å². The van der Waals surface area contributed by atoms with Crippen LogP contribution in [0.1, 0.15) is 43.0 Å². The van der Waals surface area contributed by atoms with Gasteiger partial charge in [-0.15, -0.1) is 0 Å². The molecule has 0 N–H and O–H groups in total. The minimum atomic E-state index is -0.0293. The Morgan fingerprint density at radius 2 is 2.25 bits per heavy atom. The zero-order chi connectivity index (χ0) is 11.5. The van der Waals surface area contributed by atoms with Crippen LogP contribution in [0.15, 0.2) is 0 Å². The summed E-state index contributed by atoms with van der Waals surface area (Å²) in [7, 11) is 1.69. The molecule has 1 aromatic rings. The molecule has 2 rings (SSSR count). The fraction of sp³-hybridized carbons (Fsp3) is 0.636. The molecule has 2 heterocycles. The normalized spacial score (nSPS) is 16.2. The van der Waals surface area contributed by atoms with Crippen molar-refractivity contribution >= 4 is 23.4 Å². The summed E-state index contributed by atoms with van der Waals surface area (Å²) >= 11 is 7.99. The molecule has 1 aliphatic heterocycles. The molecule has 0 aromatic carbocycles. The molecule has 88 valence electrons. The number of halogens is 1. The number of hydrogen-bond donors (Lipinski definition) is 0. The van der Waals surface area contributed by atoms with Crippen LogP contribution in [0.2, 0.25) is 5.15 Å². The van der Waals surface area contributed by atoms with Crippen LogP contribution in [0.3, 0.4) is 0 Å². The average molecular weight is 259 g/mol. The summed E-state index contributed by atoms with van der Waals surface area (Å²) in [6.07, 6.45) is 1.95. The van der Waals surface area contributed by atoms with E-state index in [4.69, 9.17) is 16.3 Å². The molecule has 0 saturated heterocycles. The molecular weight excluding hydrogens is 244 g/mol. The minimum absolute atomic E-state index is 0.0293. The number of methoxy groups -OCH3 is 1. The highest BCUT2D eigenvalue weighted by Gasteiger charge is 2.22. The predicted octanol–water partition coefficient (Wildman–Crippen LogP) is 3.36. The summed E-state index contributed by atoms with van der Waals surface area (Å²) < 4.78 is 5.40. The second-order valence-electron chi connectivity index (χ2n) is 3.80. The van der Waals surface area contributed by atoms with E-state index in [1.54, 1.807) is 7.11 Å². The lowest BCUT2D eigenvalue weighted by Crippen LogP contribution is -2.09. The number of nitrogens with zero attached hydrogens (tertiary/aromatic N) is 2. The van der Waals surface area contributed by atoms with E-state index in [1.165, 1.54) is 0 Å². The van der Waals surface area contributed by atoms with Gasteiger partial charge in [0.1, 0.15) is 11.3 Å². The molecule has 0 fully saturated rings. The lowest BCUT2D eigenvalue weighted by Gasteiger charge is -2.14. The zero-order valence-corrected chi connectivity index (χ0v) is 11.1. The number of thioether (sulfide) groups is 1. The first kappa shape index (κ1) is 12.1. The average Bonchev–Trinajstić information content (AvgIpc) is 2.74. The Labute approximate surface area is 105 Å². The van der Waals surface area contributed by atoms with Crippen LogP contribution in [0.5, 0.6) is 0 Å². The van der Waals surface area contributed by atoms with E-state index in [1.807, 2.05) is 11.8 Å². The zero-order valence-electron chi connectivity index (χ0n) is 9.49. The fourth-order valence-corrected chi connectivity index (χ4v) is 3.17. The first-order valence-electron chi connectivity index (χ1n) is 5.42. The summed E-state index contributed by atoms with van der Waals surface area (Å²) in [6, 6.07) is 0. The molecule has 0 bridgehead atoms. The van der Waals surface area contributed by atoms with Gasteiger partial charge in [0.25, 0.3) is 0 Å². The molecule has 3 nitrogen and oxygen atoms in total. The highest BCUT2D eigenvalue weighted by atomic mass is 35.5. The van der Waals surface area contributed by atoms with Crippen LogP contribution in [0.25, 0.3) is 0 Å². The molecule has 5 heteroatoms. The van der Waals surface area contributed by atoms with Gasteiger partial charge in [-0.25, -0.2) is 9.97 Å². The number of hydrogen-bond acceptors (Lipinski definition) is 4. The third kappa shape index (κ3) is 2.34. The van der Waals surface area contributed by atoms with Gasteiger partial charge >= 0.3 is 0 Å². The summed E-state index contributed by atoms with van der Waals surface area (Å²) in [5.74, 6) is 2.60. The van der Waals surface area contributed by atoms with Gasteiger partial charge in [0.15, 0.2) is 5.82 Å². The molecule has 0 spiro atoms. The lowest BCUT2D eigenvalue weighted by atomic mass is 10.2. The predicted molar refractivity (Wildman–Crippen MR) is 66.7 cm³/mol. The molecule has 0 aliphatic carbocycles. The van der Waals surface area contributed by atoms with Gasteiger partial charge in [0, 0.05) is 24.2 Å². The Morgan fingerprint density at radius 3 is 2.94 bits per heavy atom. The van der Waals surface area contributed by atoms with Gasteiger partial charge < -0.3 is 4.74 Å². The van der Waals surface area contributed by atoms with Crippen molar-refractivity contribution in [2.24, 2.45) is 0 Å². The van der Waals surface area contributed by atoms with Gasteiger partial charge in [0.05, 0.1) is 5.69 Å². The van der Waals surface area contributed by atoms with Crippen molar-refractivity contribution in [3.8, 4) is 0 Å². The van der Waals surface area contributed by atoms with Crippen LogP contribution >= 0.6 is 23.4 Å². The monoisotopic (exact) mass is 258 g/mol. The lowest BCUT2D eigenvalue weighted by molar-refractivity contribution is 0.0874. The van der Waals surface area contributed by atoms with Crippen molar-refractivity contribution in [1.29, 1.82) is 0 Å². The van der Waals surface area contributed by atoms with Gasteiger partial charge in [-0.2, -0.15) is 11.8 Å². The van der Waals surface area contributed by atoms with E-state index < -0.39 is 0 Å². The molecule has 16 heavy (non-hydrogen) atoms. The summed E-state index contributed by atoms with van der Waals surface area (Å²) in [5.41, 5.74) is 2.18. The standard InChI is InChI=1S/C11H15ClN2OS/c1-3-4-9(15-2)11-13-8-6-16-5-7(8)10(12)14-11/h9H,3-6H2,1-2H3. The third-order valence-corrected chi connectivity index (χ3v) is 3.95. The highest BCUT2D eigenvalue weighted by Crippen LogP contribution is 2.34. The molecule has 1 aliphatic rings. The molecule has 1 atom stereocenters. The van der Waals surface area contributed by atoms with Crippen molar-refractivity contribution < 1.29 is 4.74 Å². The van der Waals surface area contributed by atoms with Gasteiger partial charge in [-0.05, 0) is 6.42 Å². The molecule has 1 unspecified atom stereocenters. The maximum atomic E-state index is 6.16. The van der Waals surface area contributed by atoms with Crippen molar-refractivity contribution in [1.82, 2.24) is 9.97 Å². The maximum Gasteiger partial charge on any atom is 0.159 e. The van der Waals surface area contributed by atoms with E-state index in [9.17, 15) is 0 Å². The van der Waals surface area contributed by atoms with Crippen molar-refractivity contribution in [2.45, 2.75) is 37.4 Å². The summed E-state index contributed by atoms with van der Waals surface area (Å²) in [6.45, 7) is 2.12. The van der Waals surface area contributed by atoms with Crippen molar-refractivity contribution in [3.05, 3.63) is 22.2 Å². The molecule has 0 saturated carbocycles. The minimum Gasteiger partial charge on any atom is -0.373 e. The Morgan fingerprint density at radius 1 is 1.44 bits per heavy atom. The van der Waals surface area contributed by atoms with E-state index in [0.29, 0.717) is 5.15 Å². The Kier molecular flexibility index (Phi) is 4.05. The van der Waals surface area contributed by atoms with E-state index in [2.05, 4.69) is 16.9 Å². The van der Waals surface area contributed by atoms with Gasteiger partial charge in [-0.3, -0.25) is 0 Å². The molecule has 0 amide bonds. The largest absolute Gasteiger partial charge is 0.373 e. The summed E-state index contributed by atoms with van der Waals surface area (Å²) in [5, 5.41) is 0.600. The smallest absolute Gasteiger partial charge is 0.159 e. The Balaban J connectivity index is 2.31. The van der Waals surface area contributed by atoms with Crippen molar-refractivity contribution in [3.63, 3.8) is 0 Å². The number of rotatable bonds is 4. The quantitative estimate of drug-likeness (QED) is 0.776. The van der Waals surface area contributed by atoms with Crippen molar-refractivity contribution in [2.75, 3.05) is 7.11 Å². The van der Waals surface area contributed by atoms with Gasteiger partial charge in [0.2, 0.25) is 0 Å². The Bertz CT molecular complexity index is 386. The fourth-order valence-electron chi connectivity index (χ4n) is 1.79. The molecule has 1 aromatic heterocycles. The number of fused-ring (bicyclic) bond motifs is 1. The topological polar surface area (TPSA) is 35.0 Å². The molecular formula is C11H15ClN2OS. The van der Waals surface area contributed by atoms with E-state index in [-0.39, 0.29) is 6.10 Å². The van der Waals surface area contributed by atoms with Crippen LogP contribution in [-0.2, 0) is 16.2 Å².